The van der Waals surface area contributed by atoms with E-state index >= 15 is 0 Å². The number of fused-ring (bicyclic) bond motifs is 1. The highest BCUT2D eigenvalue weighted by molar-refractivity contribution is 6.00. The Kier molecular flexibility index (Phi) is 10.6. The molecule has 0 atom stereocenters. The summed E-state index contributed by atoms with van der Waals surface area (Å²) in [6, 6.07) is 75.5. The standard InChI is InChI=1S/C60H42N6/c1-39-32-35-49(40(2)61-39)52-31-17-30-50(46-26-16-27-48(37-46)60-65-58(43-21-8-4-9-22-43)64-59(66-60)44-23-10-5-11-24-44)56(52)53-29-15-14-28-51(53)55-38-54(62-57(63-55)42-19-6-3-7-20-42)47-34-33-41-18-12-13-25-45(41)36-47/h3-38H,1-2H3. The molecular formula is C60H42N6. The summed E-state index contributed by atoms with van der Waals surface area (Å²) in [6.45, 7) is 4.13. The van der Waals surface area contributed by atoms with Crippen LogP contribution >= 0.6 is 0 Å². The first kappa shape index (κ1) is 40.1. The second-order valence-corrected chi connectivity index (χ2v) is 16.4. The summed E-state index contributed by atoms with van der Waals surface area (Å²) in [5.41, 5.74) is 15.6. The Morgan fingerprint density at radius 1 is 0.258 bits per heavy atom. The summed E-state index contributed by atoms with van der Waals surface area (Å²) in [4.78, 5) is 30.7. The molecule has 66 heavy (non-hydrogen) atoms. The van der Waals surface area contributed by atoms with Gasteiger partial charge in [-0.25, -0.2) is 24.9 Å². The number of benzene rings is 8. The van der Waals surface area contributed by atoms with Crippen LogP contribution in [0, 0.1) is 13.8 Å². The van der Waals surface area contributed by atoms with E-state index in [0.717, 1.165) is 94.9 Å². The molecule has 0 N–H and O–H groups in total. The van der Waals surface area contributed by atoms with E-state index in [1.54, 1.807) is 0 Å². The smallest absolute Gasteiger partial charge is 0.164 e. The lowest BCUT2D eigenvalue weighted by atomic mass is 9.84. The summed E-state index contributed by atoms with van der Waals surface area (Å²) >= 11 is 0. The van der Waals surface area contributed by atoms with Gasteiger partial charge in [0.1, 0.15) is 0 Å². The average Bonchev–Trinajstić information content (AvgIpc) is 3.39. The van der Waals surface area contributed by atoms with E-state index in [1.165, 1.54) is 5.39 Å². The van der Waals surface area contributed by atoms with Crippen molar-refractivity contribution in [3.8, 4) is 101 Å². The van der Waals surface area contributed by atoms with Crippen LogP contribution in [0.5, 0.6) is 0 Å². The van der Waals surface area contributed by atoms with Gasteiger partial charge in [0, 0.05) is 50.3 Å². The number of rotatable bonds is 9. The Morgan fingerprint density at radius 2 is 0.758 bits per heavy atom. The number of aromatic nitrogens is 6. The largest absolute Gasteiger partial charge is 0.258 e. The Balaban J connectivity index is 1.12. The van der Waals surface area contributed by atoms with Crippen LogP contribution in [0.25, 0.3) is 112 Å². The molecule has 312 valence electrons. The molecule has 11 rings (SSSR count). The molecule has 8 aromatic carbocycles. The van der Waals surface area contributed by atoms with Gasteiger partial charge in [0.25, 0.3) is 0 Å². The molecule has 0 aliphatic carbocycles. The van der Waals surface area contributed by atoms with Crippen molar-refractivity contribution in [2.75, 3.05) is 0 Å². The average molecular weight is 847 g/mol. The molecule has 3 heterocycles. The predicted molar refractivity (Wildman–Crippen MR) is 269 cm³/mol. The van der Waals surface area contributed by atoms with Crippen LogP contribution in [-0.4, -0.2) is 29.9 Å². The molecule has 0 aliphatic heterocycles. The van der Waals surface area contributed by atoms with Crippen molar-refractivity contribution in [2.24, 2.45) is 0 Å². The van der Waals surface area contributed by atoms with Gasteiger partial charge in [0.2, 0.25) is 0 Å². The fourth-order valence-electron chi connectivity index (χ4n) is 8.76. The predicted octanol–water partition coefficient (Wildman–Crippen LogP) is 14.8. The topological polar surface area (TPSA) is 77.3 Å². The van der Waals surface area contributed by atoms with Gasteiger partial charge in [0.15, 0.2) is 23.3 Å². The third kappa shape index (κ3) is 7.93. The molecule has 0 spiro atoms. The zero-order chi connectivity index (χ0) is 44.4. The first-order valence-electron chi connectivity index (χ1n) is 22.1. The maximum Gasteiger partial charge on any atom is 0.164 e. The molecule has 0 saturated heterocycles. The molecule has 0 amide bonds. The van der Waals surface area contributed by atoms with Crippen LogP contribution in [-0.2, 0) is 0 Å². The third-order valence-corrected chi connectivity index (χ3v) is 12.0. The van der Waals surface area contributed by atoms with Gasteiger partial charge < -0.3 is 0 Å². The highest BCUT2D eigenvalue weighted by Crippen LogP contribution is 2.45. The van der Waals surface area contributed by atoms with Gasteiger partial charge in [-0.15, -0.1) is 0 Å². The lowest BCUT2D eigenvalue weighted by Gasteiger charge is -2.20. The van der Waals surface area contributed by atoms with E-state index in [4.69, 9.17) is 29.9 Å². The fourth-order valence-corrected chi connectivity index (χ4v) is 8.76. The third-order valence-electron chi connectivity index (χ3n) is 12.0. The van der Waals surface area contributed by atoms with Crippen LogP contribution in [0.15, 0.2) is 218 Å². The van der Waals surface area contributed by atoms with Gasteiger partial charge in [0.05, 0.1) is 11.4 Å². The first-order valence-corrected chi connectivity index (χ1v) is 22.1. The molecule has 0 radical (unpaired) electrons. The van der Waals surface area contributed by atoms with E-state index in [1.807, 2.05) is 85.8 Å². The highest BCUT2D eigenvalue weighted by atomic mass is 15.0. The zero-order valence-corrected chi connectivity index (χ0v) is 36.5. The number of pyridine rings is 1. The van der Waals surface area contributed by atoms with Crippen LogP contribution < -0.4 is 0 Å². The van der Waals surface area contributed by atoms with Crippen molar-refractivity contribution in [2.45, 2.75) is 13.8 Å². The van der Waals surface area contributed by atoms with Crippen LogP contribution in [0.1, 0.15) is 11.4 Å². The normalized spacial score (nSPS) is 11.2. The Morgan fingerprint density at radius 3 is 1.42 bits per heavy atom. The quantitative estimate of drug-likeness (QED) is 0.144. The SMILES string of the molecule is Cc1ccc(-c2cccc(-c3cccc(-c4nc(-c5ccccc5)nc(-c5ccccc5)n4)c3)c2-c2ccccc2-c2cc(-c3ccc4ccccc4c3)nc(-c3ccccc3)n2)c(C)n1. The summed E-state index contributed by atoms with van der Waals surface area (Å²) in [5, 5.41) is 2.34. The van der Waals surface area contributed by atoms with Crippen molar-refractivity contribution in [3.63, 3.8) is 0 Å². The maximum atomic E-state index is 5.36. The molecule has 0 aliphatic rings. The minimum atomic E-state index is 0.594. The molecule has 11 aromatic rings. The number of hydrogen-bond donors (Lipinski definition) is 0. The van der Waals surface area contributed by atoms with Crippen molar-refractivity contribution >= 4 is 10.8 Å². The molecular weight excluding hydrogens is 805 g/mol. The van der Waals surface area contributed by atoms with E-state index in [9.17, 15) is 0 Å². The van der Waals surface area contributed by atoms with Crippen LogP contribution in [0.2, 0.25) is 0 Å². The van der Waals surface area contributed by atoms with Crippen molar-refractivity contribution < 1.29 is 0 Å². The number of nitrogens with zero attached hydrogens (tertiary/aromatic N) is 6. The summed E-state index contributed by atoms with van der Waals surface area (Å²) in [7, 11) is 0. The molecule has 0 unspecified atom stereocenters. The van der Waals surface area contributed by atoms with Crippen molar-refractivity contribution in [1.29, 1.82) is 0 Å². The van der Waals surface area contributed by atoms with E-state index in [-0.39, 0.29) is 0 Å². The van der Waals surface area contributed by atoms with Crippen LogP contribution in [0.4, 0.5) is 0 Å². The monoisotopic (exact) mass is 846 g/mol. The van der Waals surface area contributed by atoms with Gasteiger partial charge >= 0.3 is 0 Å². The maximum absolute atomic E-state index is 5.36. The second-order valence-electron chi connectivity index (χ2n) is 16.4. The molecule has 0 bridgehead atoms. The van der Waals surface area contributed by atoms with Crippen molar-refractivity contribution in [1.82, 2.24) is 29.9 Å². The van der Waals surface area contributed by atoms with Gasteiger partial charge in [-0.1, -0.05) is 194 Å². The van der Waals surface area contributed by atoms with Crippen molar-refractivity contribution in [3.05, 3.63) is 230 Å². The molecule has 6 heteroatoms. The lowest BCUT2D eigenvalue weighted by molar-refractivity contribution is 1.07. The first-order chi connectivity index (χ1) is 32.5. The fraction of sp³-hybridized carbons (Fsp3) is 0.0333. The van der Waals surface area contributed by atoms with Crippen LogP contribution in [0.3, 0.4) is 0 Å². The Labute approximate surface area is 384 Å². The summed E-state index contributed by atoms with van der Waals surface area (Å²) in [6.07, 6.45) is 0. The van der Waals surface area contributed by atoms with E-state index in [0.29, 0.717) is 23.3 Å². The summed E-state index contributed by atoms with van der Waals surface area (Å²) in [5.74, 6) is 2.49. The molecule has 3 aromatic heterocycles. The molecule has 0 saturated carbocycles. The van der Waals surface area contributed by atoms with E-state index in [2.05, 4.69) is 146 Å². The minimum absolute atomic E-state index is 0.594. The molecule has 6 nitrogen and oxygen atoms in total. The van der Waals surface area contributed by atoms with E-state index < -0.39 is 0 Å². The highest BCUT2D eigenvalue weighted by Gasteiger charge is 2.22. The molecule has 0 fully saturated rings. The Hall–Kier alpha value is -8.74. The minimum Gasteiger partial charge on any atom is -0.258 e. The number of hydrogen-bond acceptors (Lipinski definition) is 6. The number of aryl methyl sites for hydroxylation is 2. The Bertz CT molecular complexity index is 3500. The summed E-state index contributed by atoms with van der Waals surface area (Å²) < 4.78 is 0. The van der Waals surface area contributed by atoms with Gasteiger partial charge in [-0.3, -0.25) is 4.98 Å². The van der Waals surface area contributed by atoms with Gasteiger partial charge in [-0.05, 0) is 76.7 Å². The zero-order valence-electron chi connectivity index (χ0n) is 36.5. The second kappa shape index (κ2) is 17.4. The lowest BCUT2D eigenvalue weighted by Crippen LogP contribution is -2.00. The van der Waals surface area contributed by atoms with Gasteiger partial charge in [-0.2, -0.15) is 0 Å².